The second kappa shape index (κ2) is 6.56. The van der Waals surface area contributed by atoms with E-state index in [1.165, 1.54) is 19.3 Å². The number of nitrogens with zero attached hydrogens (tertiary/aromatic N) is 2. The monoisotopic (exact) mass is 317 g/mol. The highest BCUT2D eigenvalue weighted by Crippen LogP contribution is 2.48. The smallest absolute Gasteiger partial charge is 0.223 e. The van der Waals surface area contributed by atoms with Gasteiger partial charge in [0.2, 0.25) is 5.91 Å². The molecular formula is C18H27N3O2. The first kappa shape index (κ1) is 16.4. The van der Waals surface area contributed by atoms with E-state index in [0.717, 1.165) is 30.1 Å². The number of nitrogens with one attached hydrogen (secondary N) is 1. The van der Waals surface area contributed by atoms with Crippen molar-refractivity contribution in [3.05, 3.63) is 23.3 Å². The number of amides is 1. The average molecular weight is 317 g/mol. The Bertz CT molecular complexity index is 555. The Kier molecular flexibility index (Phi) is 4.67. The summed E-state index contributed by atoms with van der Waals surface area (Å²) >= 11 is 0. The van der Waals surface area contributed by atoms with E-state index in [2.05, 4.69) is 15.3 Å². The second-order valence-corrected chi connectivity index (χ2v) is 7.31. The molecule has 0 spiro atoms. The van der Waals surface area contributed by atoms with Gasteiger partial charge in [-0.15, -0.1) is 0 Å². The third-order valence-electron chi connectivity index (χ3n) is 5.40. The summed E-state index contributed by atoms with van der Waals surface area (Å²) in [5.74, 6) is 1.11. The van der Waals surface area contributed by atoms with Gasteiger partial charge in [-0.2, -0.15) is 0 Å². The summed E-state index contributed by atoms with van der Waals surface area (Å²) in [6.07, 6.45) is 7.19. The van der Waals surface area contributed by atoms with E-state index in [1.54, 1.807) is 0 Å². The van der Waals surface area contributed by atoms with Crippen molar-refractivity contribution >= 4 is 5.91 Å². The van der Waals surface area contributed by atoms with Crippen molar-refractivity contribution in [1.29, 1.82) is 0 Å². The molecule has 0 radical (unpaired) electrons. The Morgan fingerprint density at radius 3 is 2.61 bits per heavy atom. The molecule has 2 aliphatic carbocycles. The molecule has 0 atom stereocenters. The van der Waals surface area contributed by atoms with Crippen LogP contribution in [0.2, 0.25) is 0 Å². The van der Waals surface area contributed by atoms with Crippen LogP contribution < -0.4 is 5.32 Å². The van der Waals surface area contributed by atoms with Crippen LogP contribution in [0.3, 0.4) is 0 Å². The fourth-order valence-corrected chi connectivity index (χ4v) is 4.16. The lowest BCUT2D eigenvalue weighted by Gasteiger charge is -2.49. The first-order chi connectivity index (χ1) is 11.0. The van der Waals surface area contributed by atoms with Gasteiger partial charge in [0, 0.05) is 11.6 Å². The first-order valence-corrected chi connectivity index (χ1v) is 8.77. The standard InChI is InChI=1S/C18H27N3O2/c1-12-8-16(21-13(2)20-12)11-19-17(22)14-9-18(23,10-14)15-6-4-3-5-7-15/h8,14-15,23H,3-7,9-11H2,1-2H3,(H,19,22). The SMILES string of the molecule is Cc1cc(CNC(=O)C2CC(O)(C3CCCCC3)C2)nc(C)n1. The van der Waals surface area contributed by atoms with Crippen molar-refractivity contribution in [1.82, 2.24) is 15.3 Å². The minimum Gasteiger partial charge on any atom is -0.390 e. The molecule has 1 aromatic rings. The molecule has 0 saturated heterocycles. The molecular weight excluding hydrogens is 290 g/mol. The number of rotatable bonds is 4. The molecule has 0 aliphatic heterocycles. The Balaban J connectivity index is 1.48. The highest BCUT2D eigenvalue weighted by molar-refractivity contribution is 5.79. The van der Waals surface area contributed by atoms with Gasteiger partial charge in [-0.05, 0) is 51.5 Å². The Labute approximate surface area is 137 Å². The summed E-state index contributed by atoms with van der Waals surface area (Å²) < 4.78 is 0. The molecule has 5 nitrogen and oxygen atoms in total. The van der Waals surface area contributed by atoms with Gasteiger partial charge in [-0.1, -0.05) is 19.3 Å². The summed E-state index contributed by atoms with van der Waals surface area (Å²) in [5.41, 5.74) is 1.16. The number of hydrogen-bond donors (Lipinski definition) is 2. The summed E-state index contributed by atoms with van der Waals surface area (Å²) in [6.45, 7) is 4.21. The molecule has 23 heavy (non-hydrogen) atoms. The minimum absolute atomic E-state index is 0.0411. The molecule has 2 saturated carbocycles. The van der Waals surface area contributed by atoms with E-state index < -0.39 is 5.60 Å². The third kappa shape index (κ3) is 3.71. The van der Waals surface area contributed by atoms with Crippen molar-refractivity contribution in [3.63, 3.8) is 0 Å². The second-order valence-electron chi connectivity index (χ2n) is 7.31. The molecule has 1 aromatic heterocycles. The predicted molar refractivity (Wildman–Crippen MR) is 87.6 cm³/mol. The van der Waals surface area contributed by atoms with E-state index in [1.807, 2.05) is 19.9 Å². The number of carbonyl (C=O) groups is 1. The number of aliphatic hydroxyl groups is 1. The molecule has 3 rings (SSSR count). The van der Waals surface area contributed by atoms with Crippen LogP contribution in [-0.4, -0.2) is 26.6 Å². The largest absolute Gasteiger partial charge is 0.390 e. The lowest BCUT2D eigenvalue weighted by molar-refractivity contribution is -0.154. The first-order valence-electron chi connectivity index (χ1n) is 8.77. The zero-order valence-electron chi connectivity index (χ0n) is 14.1. The van der Waals surface area contributed by atoms with Gasteiger partial charge in [0.15, 0.2) is 0 Å². The summed E-state index contributed by atoms with van der Waals surface area (Å²) in [7, 11) is 0. The van der Waals surface area contributed by atoms with Crippen molar-refractivity contribution in [2.45, 2.75) is 70.9 Å². The highest BCUT2D eigenvalue weighted by Gasteiger charge is 2.50. The van der Waals surface area contributed by atoms with Gasteiger partial charge in [-0.3, -0.25) is 4.79 Å². The lowest BCUT2D eigenvalue weighted by Crippen LogP contribution is -2.54. The zero-order valence-corrected chi connectivity index (χ0v) is 14.1. The van der Waals surface area contributed by atoms with Crippen molar-refractivity contribution in [3.8, 4) is 0 Å². The highest BCUT2D eigenvalue weighted by atomic mass is 16.3. The third-order valence-corrected chi connectivity index (χ3v) is 5.40. The number of aryl methyl sites for hydroxylation is 2. The molecule has 0 bridgehead atoms. The Morgan fingerprint density at radius 2 is 1.96 bits per heavy atom. The van der Waals surface area contributed by atoms with Gasteiger partial charge in [-0.25, -0.2) is 9.97 Å². The van der Waals surface area contributed by atoms with Crippen molar-refractivity contribution in [2.75, 3.05) is 0 Å². The fourth-order valence-electron chi connectivity index (χ4n) is 4.16. The normalized spacial score (nSPS) is 28.2. The quantitative estimate of drug-likeness (QED) is 0.894. The van der Waals surface area contributed by atoms with Gasteiger partial charge in [0.1, 0.15) is 5.82 Å². The van der Waals surface area contributed by atoms with Gasteiger partial charge in [0.25, 0.3) is 0 Å². The lowest BCUT2D eigenvalue weighted by atomic mass is 9.61. The van der Waals surface area contributed by atoms with Gasteiger partial charge in [0.05, 0.1) is 17.8 Å². The van der Waals surface area contributed by atoms with E-state index in [4.69, 9.17) is 0 Å². The van der Waals surface area contributed by atoms with Crippen LogP contribution >= 0.6 is 0 Å². The van der Waals surface area contributed by atoms with E-state index in [0.29, 0.717) is 25.3 Å². The van der Waals surface area contributed by atoms with E-state index in [-0.39, 0.29) is 11.8 Å². The van der Waals surface area contributed by atoms with Crippen LogP contribution in [0.25, 0.3) is 0 Å². The number of aromatic nitrogens is 2. The van der Waals surface area contributed by atoms with E-state index in [9.17, 15) is 9.90 Å². The zero-order chi connectivity index (χ0) is 16.4. The maximum Gasteiger partial charge on any atom is 0.223 e. The molecule has 0 aromatic carbocycles. The molecule has 2 N–H and O–H groups in total. The van der Waals surface area contributed by atoms with E-state index >= 15 is 0 Å². The fraction of sp³-hybridized carbons (Fsp3) is 0.722. The summed E-state index contributed by atoms with van der Waals surface area (Å²) in [6, 6.07) is 1.90. The van der Waals surface area contributed by atoms with Crippen LogP contribution in [0.15, 0.2) is 6.07 Å². The molecule has 2 aliphatic rings. The number of carbonyl (C=O) groups excluding carboxylic acids is 1. The van der Waals surface area contributed by atoms with Crippen LogP contribution in [-0.2, 0) is 11.3 Å². The minimum atomic E-state index is -0.593. The molecule has 126 valence electrons. The molecule has 0 unspecified atom stereocenters. The number of hydrogen-bond acceptors (Lipinski definition) is 4. The van der Waals surface area contributed by atoms with Crippen molar-refractivity contribution < 1.29 is 9.90 Å². The maximum absolute atomic E-state index is 12.3. The topological polar surface area (TPSA) is 75.1 Å². The molecule has 1 heterocycles. The summed E-state index contributed by atoms with van der Waals surface area (Å²) in [5, 5.41) is 13.7. The van der Waals surface area contributed by atoms with Crippen molar-refractivity contribution in [2.24, 2.45) is 11.8 Å². The van der Waals surface area contributed by atoms with Crippen LogP contribution in [0, 0.1) is 25.7 Å². The van der Waals surface area contributed by atoms with Gasteiger partial charge >= 0.3 is 0 Å². The predicted octanol–water partition coefficient (Wildman–Crippen LogP) is 2.43. The van der Waals surface area contributed by atoms with Crippen LogP contribution in [0.4, 0.5) is 0 Å². The Morgan fingerprint density at radius 1 is 1.26 bits per heavy atom. The molecule has 2 fully saturated rings. The molecule has 5 heteroatoms. The maximum atomic E-state index is 12.3. The molecule has 1 amide bonds. The summed E-state index contributed by atoms with van der Waals surface area (Å²) in [4.78, 5) is 20.8. The Hall–Kier alpha value is -1.49. The van der Waals surface area contributed by atoms with Crippen LogP contribution in [0.5, 0.6) is 0 Å². The van der Waals surface area contributed by atoms with Gasteiger partial charge < -0.3 is 10.4 Å². The average Bonchev–Trinajstić information content (AvgIpc) is 2.49. The van der Waals surface area contributed by atoms with Crippen LogP contribution in [0.1, 0.15) is 62.2 Å².